The van der Waals surface area contributed by atoms with Crippen LogP contribution in [0.15, 0.2) is 11.6 Å². The average Bonchev–Trinajstić information content (AvgIpc) is 2.43. The molecule has 5 atom stereocenters. The monoisotopic (exact) mass is 313 g/mol. The van der Waals surface area contributed by atoms with E-state index in [0.29, 0.717) is 0 Å². The van der Waals surface area contributed by atoms with Gasteiger partial charge in [-0.1, -0.05) is 11.6 Å². The maximum Gasteiger partial charge on any atom is 1.00 e. The second kappa shape index (κ2) is 9.06. The number of hydrogen-bond acceptors (Lipinski definition) is 7. The smallest absolute Gasteiger partial charge is 0.612 e. The molecule has 0 heterocycles. The fraction of sp³-hybridized carbons (Fsp3) is 0.750. The summed E-state index contributed by atoms with van der Waals surface area (Å²) in [6.45, 7) is 0.960. The van der Waals surface area contributed by atoms with Gasteiger partial charge in [-0.3, -0.25) is 0 Å². The van der Waals surface area contributed by atoms with Crippen molar-refractivity contribution in [3.05, 3.63) is 22.1 Å². The van der Waals surface area contributed by atoms with Gasteiger partial charge in [-0.2, -0.15) is 4.90 Å². The minimum Gasteiger partial charge on any atom is -0.612 e. The Labute approximate surface area is 144 Å². The van der Waals surface area contributed by atoms with Crippen LogP contribution in [0.1, 0.15) is 19.8 Å². The van der Waals surface area contributed by atoms with Crippen LogP contribution in [0.3, 0.4) is 0 Å². The Morgan fingerprint density at radius 2 is 1.81 bits per heavy atom. The van der Waals surface area contributed by atoms with Crippen LogP contribution in [0, 0.1) is 16.3 Å². The van der Waals surface area contributed by atoms with E-state index in [4.69, 9.17) is 5.11 Å². The molecule has 8 nitrogen and oxygen atoms in total. The molecule has 1 aliphatic carbocycles. The fourth-order valence-electron chi connectivity index (χ4n) is 2.28. The Morgan fingerprint density at radius 3 is 2.29 bits per heavy atom. The molecule has 1 rings (SSSR count). The van der Waals surface area contributed by atoms with E-state index in [1.807, 2.05) is 0 Å². The van der Waals surface area contributed by atoms with Gasteiger partial charge in [0.25, 0.3) is 0 Å². The van der Waals surface area contributed by atoms with E-state index in [2.05, 4.69) is 0 Å². The van der Waals surface area contributed by atoms with Crippen molar-refractivity contribution in [2.75, 3.05) is 6.61 Å². The molecule has 0 spiro atoms. The summed E-state index contributed by atoms with van der Waals surface area (Å²) < 4.78 is 0. The van der Waals surface area contributed by atoms with Gasteiger partial charge in [-0.25, -0.2) is 0 Å². The zero-order valence-corrected chi connectivity index (χ0v) is 14.1. The van der Waals surface area contributed by atoms with Gasteiger partial charge in [-0.15, -0.1) is 0 Å². The third-order valence-electron chi connectivity index (χ3n) is 3.56. The first-order valence-corrected chi connectivity index (χ1v) is 6.28. The van der Waals surface area contributed by atoms with Gasteiger partial charge in [0.1, 0.15) is 18.3 Å². The largest absolute Gasteiger partial charge is 1.00 e. The quantitative estimate of drug-likeness (QED) is 0.148. The molecular formula is C12H20NNaO7. The second-order valence-electron chi connectivity index (χ2n) is 5.04. The normalized spacial score (nSPS) is 24.4. The fourth-order valence-corrected chi connectivity index (χ4v) is 2.28. The Bertz CT molecular complexity index is 397. The molecule has 0 unspecified atom stereocenters. The van der Waals surface area contributed by atoms with Crippen LogP contribution in [0.5, 0.6) is 0 Å². The van der Waals surface area contributed by atoms with Gasteiger partial charge < -0.3 is 35.9 Å². The van der Waals surface area contributed by atoms with Gasteiger partial charge in [-0.05, 0) is 13.3 Å². The molecule has 116 valence electrons. The second-order valence-corrected chi connectivity index (χ2v) is 5.04. The van der Waals surface area contributed by atoms with E-state index in [-0.39, 0.29) is 48.1 Å². The van der Waals surface area contributed by atoms with E-state index in [1.165, 1.54) is 0 Å². The molecule has 0 bridgehead atoms. The first kappa shape index (κ1) is 20.8. The Kier molecular flexibility index (Phi) is 8.98. The molecule has 1 aliphatic rings. The number of rotatable bonds is 5. The van der Waals surface area contributed by atoms with Crippen LogP contribution in [0.4, 0.5) is 0 Å². The topological polar surface area (TPSA) is 150 Å². The molecule has 0 aromatic rings. The minimum atomic E-state index is -1.79. The van der Waals surface area contributed by atoms with Gasteiger partial charge in [0.05, 0.1) is 18.6 Å². The summed E-state index contributed by atoms with van der Waals surface area (Å²) >= 11 is 0. The van der Waals surface area contributed by atoms with Gasteiger partial charge in [0.2, 0.25) is 0 Å². The van der Waals surface area contributed by atoms with E-state index >= 15 is 0 Å². The number of aliphatic hydroxyl groups excluding tert-OH is 5. The Balaban J connectivity index is 0.00000400. The molecule has 0 radical (unpaired) electrons. The number of hydrogen-bond donors (Lipinski definition) is 5. The number of aliphatic hydroxyl groups is 5. The molecule has 5 N–H and O–H groups in total. The van der Waals surface area contributed by atoms with Crippen molar-refractivity contribution >= 4 is 5.71 Å². The summed E-state index contributed by atoms with van der Waals surface area (Å²) in [5.74, 6) is -0.939. The van der Waals surface area contributed by atoms with Crippen LogP contribution >= 0.6 is 0 Å². The van der Waals surface area contributed by atoms with Crippen LogP contribution < -0.4 is 29.6 Å². The van der Waals surface area contributed by atoms with Crippen molar-refractivity contribution in [1.29, 1.82) is 0 Å². The van der Waals surface area contributed by atoms with Crippen LogP contribution in [-0.2, 0) is 0 Å². The van der Waals surface area contributed by atoms with Crippen molar-refractivity contribution in [3.63, 3.8) is 0 Å². The van der Waals surface area contributed by atoms with Crippen LogP contribution in [0.25, 0.3) is 0 Å². The standard InChI is InChI=1S/C12H20NO7.Na/c1-6-2-3-8(13(19)20)7(4-6)10(16)12(18)11(17)9(15)5-14;/h2,7,9-12,14-18H,3-5H2,1H3;/q-1;+1/t7-,9+,10-,11-,12+;/m0./s1. The van der Waals surface area contributed by atoms with Crippen molar-refractivity contribution < 1.29 is 60.0 Å². The molecule has 0 amide bonds. The summed E-state index contributed by atoms with van der Waals surface area (Å²) in [6.07, 6.45) is -4.87. The van der Waals surface area contributed by atoms with Crippen LogP contribution in [-0.4, -0.2) is 67.2 Å². The van der Waals surface area contributed by atoms with E-state index < -0.39 is 41.8 Å². The number of nitrogens with zero attached hydrogens (tertiary/aromatic N) is 1. The summed E-state index contributed by atoms with van der Waals surface area (Å²) in [4.78, 5) is -0.599. The maximum absolute atomic E-state index is 11.0. The molecular weight excluding hydrogens is 293 g/mol. The minimum absolute atomic E-state index is 0. The molecule has 0 fully saturated rings. The zero-order chi connectivity index (χ0) is 15.4. The molecule has 0 aliphatic heterocycles. The first-order valence-electron chi connectivity index (χ1n) is 6.28. The average molecular weight is 313 g/mol. The third kappa shape index (κ3) is 5.19. The summed E-state index contributed by atoms with van der Waals surface area (Å²) in [7, 11) is 0. The predicted molar refractivity (Wildman–Crippen MR) is 69.6 cm³/mol. The summed E-state index contributed by atoms with van der Waals surface area (Å²) in [6, 6.07) is 0. The van der Waals surface area contributed by atoms with E-state index in [1.54, 1.807) is 13.0 Å². The molecule has 0 aromatic carbocycles. The zero-order valence-electron chi connectivity index (χ0n) is 12.1. The van der Waals surface area contributed by atoms with Gasteiger partial charge in [0, 0.05) is 6.42 Å². The van der Waals surface area contributed by atoms with E-state index in [0.717, 1.165) is 5.57 Å². The van der Waals surface area contributed by atoms with Gasteiger partial charge in [0.15, 0.2) is 5.71 Å². The van der Waals surface area contributed by atoms with Crippen molar-refractivity contribution in [2.45, 2.75) is 44.2 Å². The molecule has 21 heavy (non-hydrogen) atoms. The molecule has 0 aromatic heterocycles. The van der Waals surface area contributed by atoms with Gasteiger partial charge >= 0.3 is 29.6 Å². The first-order chi connectivity index (χ1) is 9.29. The molecule has 9 heteroatoms. The summed E-state index contributed by atoms with van der Waals surface area (Å²) in [5.41, 5.74) is 0.692. The van der Waals surface area contributed by atoms with Crippen molar-refractivity contribution in [2.24, 2.45) is 5.92 Å². The molecule has 0 saturated heterocycles. The SMILES string of the molecule is CC1=CCC(=[N+]([O-])[O-])[C@@H]([C@H](O)[C@@H](O)[C@@H](O)[C@H](O)CO)C1.[Na+]. The Morgan fingerprint density at radius 1 is 1.24 bits per heavy atom. The van der Waals surface area contributed by atoms with Crippen molar-refractivity contribution in [1.82, 2.24) is 0 Å². The third-order valence-corrected chi connectivity index (χ3v) is 3.56. The molecule has 0 saturated carbocycles. The van der Waals surface area contributed by atoms with Crippen molar-refractivity contribution in [3.8, 4) is 0 Å². The maximum atomic E-state index is 11.0. The number of allylic oxidation sites excluding steroid dienone is 2. The van der Waals surface area contributed by atoms with Crippen LogP contribution in [0.2, 0.25) is 0 Å². The van der Waals surface area contributed by atoms with E-state index in [9.17, 15) is 30.8 Å². The predicted octanol–water partition coefficient (Wildman–Crippen LogP) is -4.77. The summed E-state index contributed by atoms with van der Waals surface area (Å²) in [5, 5.41) is 69.3. The Hall–Kier alpha value is -0.190.